The molecule has 0 N–H and O–H groups in total. The first kappa shape index (κ1) is 16.2. The number of hydrogen-bond donors (Lipinski definition) is 0. The predicted octanol–water partition coefficient (Wildman–Crippen LogP) is 4.44. The Bertz CT molecular complexity index is 914. The molecule has 2 heterocycles. The summed E-state index contributed by atoms with van der Waals surface area (Å²) in [5.74, 6) is 7.91. The average Bonchev–Trinajstić information content (AvgIpc) is 3.29. The zero-order valence-corrected chi connectivity index (χ0v) is 15.0. The number of thioether (sulfide) groups is 1. The van der Waals surface area contributed by atoms with Gasteiger partial charge in [-0.25, -0.2) is 0 Å². The van der Waals surface area contributed by atoms with Crippen molar-refractivity contribution in [3.63, 3.8) is 0 Å². The molecule has 1 saturated heterocycles. The number of furan rings is 1. The van der Waals surface area contributed by atoms with E-state index in [0.29, 0.717) is 33.2 Å². The van der Waals surface area contributed by atoms with E-state index in [0.717, 1.165) is 5.56 Å². The number of benzene rings is 1. The van der Waals surface area contributed by atoms with Gasteiger partial charge in [-0.3, -0.25) is 9.69 Å². The smallest absolute Gasteiger partial charge is 0.266 e. The Labute approximate surface area is 156 Å². The van der Waals surface area contributed by atoms with Crippen LogP contribution in [0.25, 0.3) is 6.08 Å². The van der Waals surface area contributed by atoms with Crippen LogP contribution in [0.15, 0.2) is 51.8 Å². The molecule has 1 amide bonds. The summed E-state index contributed by atoms with van der Waals surface area (Å²) in [5, 5.41) is 0. The fourth-order valence-electron chi connectivity index (χ4n) is 2.43. The van der Waals surface area contributed by atoms with Crippen LogP contribution in [0, 0.1) is 17.8 Å². The highest BCUT2D eigenvalue weighted by molar-refractivity contribution is 8.26. The van der Waals surface area contributed by atoms with Gasteiger partial charge in [0.1, 0.15) is 10.1 Å². The standard InChI is InChI=1S/C20H15NO2S2/c22-19-18(12-17-11-10-16(23-17)9-8-14-6-7-14)25-20(24)21(19)13-15-4-2-1-3-5-15/h1-5,10-12,14H,6-7,13H2/b18-12-. The molecule has 1 aliphatic carbocycles. The molecule has 0 spiro atoms. The molecule has 0 atom stereocenters. The minimum atomic E-state index is -0.0825. The van der Waals surface area contributed by atoms with E-state index in [2.05, 4.69) is 11.8 Å². The summed E-state index contributed by atoms with van der Waals surface area (Å²) in [6, 6.07) is 13.5. The van der Waals surface area contributed by atoms with Crippen LogP contribution in [0.4, 0.5) is 0 Å². The number of amides is 1. The molecule has 1 aromatic heterocycles. The zero-order valence-electron chi connectivity index (χ0n) is 13.4. The van der Waals surface area contributed by atoms with Gasteiger partial charge in [-0.15, -0.1) is 0 Å². The molecule has 2 fully saturated rings. The molecule has 2 aromatic rings. The quantitative estimate of drug-likeness (QED) is 0.457. The summed E-state index contributed by atoms with van der Waals surface area (Å²) >= 11 is 6.67. The second-order valence-electron chi connectivity index (χ2n) is 6.00. The molecule has 25 heavy (non-hydrogen) atoms. The Morgan fingerprint density at radius 2 is 2.04 bits per heavy atom. The maximum absolute atomic E-state index is 12.6. The molecule has 1 aliphatic heterocycles. The summed E-state index contributed by atoms with van der Waals surface area (Å²) in [4.78, 5) is 14.8. The van der Waals surface area contributed by atoms with Crippen LogP contribution in [0.5, 0.6) is 0 Å². The van der Waals surface area contributed by atoms with Gasteiger partial charge in [0.25, 0.3) is 5.91 Å². The monoisotopic (exact) mass is 365 g/mol. The summed E-state index contributed by atoms with van der Waals surface area (Å²) in [5.41, 5.74) is 1.05. The third-order valence-corrected chi connectivity index (χ3v) is 5.31. The Kier molecular flexibility index (Phi) is 4.48. The van der Waals surface area contributed by atoms with Gasteiger partial charge in [0.05, 0.1) is 11.4 Å². The van der Waals surface area contributed by atoms with Crippen molar-refractivity contribution in [1.29, 1.82) is 0 Å². The van der Waals surface area contributed by atoms with Gasteiger partial charge < -0.3 is 4.42 Å². The molecular formula is C20H15NO2S2. The molecule has 0 unspecified atom stereocenters. The van der Waals surface area contributed by atoms with E-state index < -0.39 is 0 Å². The number of thiocarbonyl (C=S) groups is 1. The number of carbonyl (C=O) groups is 1. The molecule has 0 bridgehead atoms. The van der Waals surface area contributed by atoms with Crippen molar-refractivity contribution in [2.75, 3.05) is 0 Å². The van der Waals surface area contributed by atoms with Gasteiger partial charge in [-0.1, -0.05) is 60.2 Å². The van der Waals surface area contributed by atoms with Crippen molar-refractivity contribution in [3.05, 3.63) is 64.5 Å². The third-order valence-electron chi connectivity index (χ3n) is 3.93. The zero-order chi connectivity index (χ0) is 17.2. The number of nitrogens with zero attached hydrogens (tertiary/aromatic N) is 1. The highest BCUT2D eigenvalue weighted by atomic mass is 32.2. The maximum atomic E-state index is 12.6. The summed E-state index contributed by atoms with van der Waals surface area (Å²) in [6.45, 7) is 0.485. The second-order valence-corrected chi connectivity index (χ2v) is 7.67. The number of rotatable bonds is 3. The van der Waals surface area contributed by atoms with Crippen LogP contribution >= 0.6 is 24.0 Å². The minimum absolute atomic E-state index is 0.0825. The normalized spacial score (nSPS) is 18.6. The number of carbonyl (C=O) groups excluding carboxylic acids is 1. The third kappa shape index (κ3) is 3.87. The molecule has 4 rings (SSSR count). The lowest BCUT2D eigenvalue weighted by molar-refractivity contribution is -0.122. The molecule has 1 saturated carbocycles. The Balaban J connectivity index is 1.49. The lowest BCUT2D eigenvalue weighted by Crippen LogP contribution is -2.27. The second kappa shape index (κ2) is 6.91. The van der Waals surface area contributed by atoms with Crippen molar-refractivity contribution in [2.24, 2.45) is 5.92 Å². The fourth-order valence-corrected chi connectivity index (χ4v) is 3.67. The summed E-state index contributed by atoms with van der Waals surface area (Å²) in [7, 11) is 0. The first-order chi connectivity index (χ1) is 12.2. The van der Waals surface area contributed by atoms with E-state index in [1.165, 1.54) is 24.6 Å². The first-order valence-electron chi connectivity index (χ1n) is 8.10. The SMILES string of the molecule is O=C1/C(=C/c2ccc(C#CC3CC3)o2)SC(=S)N1Cc1ccccc1. The van der Waals surface area contributed by atoms with E-state index in [4.69, 9.17) is 16.6 Å². The topological polar surface area (TPSA) is 33.5 Å². The van der Waals surface area contributed by atoms with Crippen molar-refractivity contribution in [3.8, 4) is 11.8 Å². The number of hydrogen-bond acceptors (Lipinski definition) is 4. The van der Waals surface area contributed by atoms with Crippen LogP contribution in [0.1, 0.15) is 29.9 Å². The molecule has 0 radical (unpaired) electrons. The molecular weight excluding hydrogens is 350 g/mol. The lowest BCUT2D eigenvalue weighted by atomic mass is 10.2. The molecule has 3 nitrogen and oxygen atoms in total. The predicted molar refractivity (Wildman–Crippen MR) is 103 cm³/mol. The molecule has 124 valence electrons. The largest absolute Gasteiger partial charge is 0.448 e. The van der Waals surface area contributed by atoms with Gasteiger partial charge in [-0.05, 0) is 36.5 Å². The van der Waals surface area contributed by atoms with Crippen molar-refractivity contribution in [2.45, 2.75) is 19.4 Å². The Morgan fingerprint density at radius 1 is 1.24 bits per heavy atom. The van der Waals surface area contributed by atoms with Crippen LogP contribution in [-0.4, -0.2) is 15.1 Å². The van der Waals surface area contributed by atoms with Gasteiger partial charge in [0, 0.05) is 12.0 Å². The van der Waals surface area contributed by atoms with Gasteiger partial charge in [0.2, 0.25) is 0 Å². The molecule has 5 heteroatoms. The fraction of sp³-hybridized carbons (Fsp3) is 0.200. The summed E-state index contributed by atoms with van der Waals surface area (Å²) < 4.78 is 6.25. The molecule has 1 aromatic carbocycles. The van der Waals surface area contributed by atoms with E-state index in [-0.39, 0.29) is 5.91 Å². The molecule has 2 aliphatic rings. The van der Waals surface area contributed by atoms with Crippen molar-refractivity contribution in [1.82, 2.24) is 4.90 Å². The van der Waals surface area contributed by atoms with Crippen LogP contribution in [0.3, 0.4) is 0 Å². The average molecular weight is 365 g/mol. The van der Waals surface area contributed by atoms with Crippen molar-refractivity contribution < 1.29 is 9.21 Å². The van der Waals surface area contributed by atoms with Gasteiger partial charge in [0.15, 0.2) is 5.76 Å². The van der Waals surface area contributed by atoms with Gasteiger partial charge in [-0.2, -0.15) is 0 Å². The van der Waals surface area contributed by atoms with E-state index in [1.807, 2.05) is 42.5 Å². The maximum Gasteiger partial charge on any atom is 0.266 e. The van der Waals surface area contributed by atoms with E-state index >= 15 is 0 Å². The Hall–Kier alpha value is -2.29. The van der Waals surface area contributed by atoms with Crippen LogP contribution in [-0.2, 0) is 11.3 Å². The Morgan fingerprint density at radius 3 is 2.80 bits per heavy atom. The van der Waals surface area contributed by atoms with E-state index in [9.17, 15) is 4.79 Å². The lowest BCUT2D eigenvalue weighted by Gasteiger charge is -2.14. The first-order valence-corrected chi connectivity index (χ1v) is 9.32. The van der Waals surface area contributed by atoms with Crippen LogP contribution in [0.2, 0.25) is 0 Å². The minimum Gasteiger partial charge on any atom is -0.448 e. The highest BCUT2D eigenvalue weighted by Crippen LogP contribution is 2.34. The highest BCUT2D eigenvalue weighted by Gasteiger charge is 2.32. The van der Waals surface area contributed by atoms with Crippen molar-refractivity contribution >= 4 is 40.3 Å². The van der Waals surface area contributed by atoms with E-state index in [1.54, 1.807) is 11.0 Å². The summed E-state index contributed by atoms with van der Waals surface area (Å²) in [6.07, 6.45) is 4.11. The van der Waals surface area contributed by atoms with Crippen LogP contribution < -0.4 is 0 Å². The van der Waals surface area contributed by atoms with Gasteiger partial charge >= 0.3 is 0 Å².